The maximum Gasteiger partial charge on any atom is 0.122 e. The van der Waals surface area contributed by atoms with Crippen LogP contribution >= 0.6 is 0 Å². The van der Waals surface area contributed by atoms with Crippen molar-refractivity contribution in [3.8, 4) is 0 Å². The van der Waals surface area contributed by atoms with Crippen LogP contribution in [-0.2, 0) is 13.6 Å². The van der Waals surface area contributed by atoms with E-state index in [9.17, 15) is 5.11 Å². The first-order chi connectivity index (χ1) is 6.75. The Labute approximate surface area is 84.2 Å². The van der Waals surface area contributed by atoms with Gasteiger partial charge in [-0.25, -0.2) is 4.98 Å². The van der Waals surface area contributed by atoms with Crippen molar-refractivity contribution < 1.29 is 5.11 Å². The summed E-state index contributed by atoms with van der Waals surface area (Å²) in [6.45, 7) is 2.71. The van der Waals surface area contributed by atoms with E-state index in [4.69, 9.17) is 0 Å². The smallest absolute Gasteiger partial charge is 0.122 e. The quantitative estimate of drug-likeness (QED) is 0.741. The summed E-state index contributed by atoms with van der Waals surface area (Å²) in [5.74, 6) is 1.07. The van der Waals surface area contributed by atoms with Gasteiger partial charge >= 0.3 is 0 Å². The van der Waals surface area contributed by atoms with Gasteiger partial charge in [-0.1, -0.05) is 0 Å². The molecule has 1 atom stereocenters. The molecule has 1 fully saturated rings. The van der Waals surface area contributed by atoms with Gasteiger partial charge in [-0.05, 0) is 19.4 Å². The SMILES string of the molecule is Cn1ccnc1CN1CCC[C@@H](O)C1. The Balaban J connectivity index is 1.94. The Hall–Kier alpha value is -0.870. The molecule has 0 aliphatic carbocycles. The number of rotatable bonds is 2. The van der Waals surface area contributed by atoms with Gasteiger partial charge in [-0.2, -0.15) is 0 Å². The highest BCUT2D eigenvalue weighted by Gasteiger charge is 2.18. The molecule has 0 saturated carbocycles. The van der Waals surface area contributed by atoms with Crippen LogP contribution in [0.2, 0.25) is 0 Å². The summed E-state index contributed by atoms with van der Waals surface area (Å²) >= 11 is 0. The van der Waals surface area contributed by atoms with Crippen LogP contribution in [0.1, 0.15) is 18.7 Å². The number of aliphatic hydroxyl groups excluding tert-OH is 1. The van der Waals surface area contributed by atoms with Gasteiger partial charge in [-0.15, -0.1) is 0 Å². The molecule has 4 heteroatoms. The fourth-order valence-corrected chi connectivity index (χ4v) is 1.92. The topological polar surface area (TPSA) is 41.3 Å². The summed E-state index contributed by atoms with van der Waals surface area (Å²) < 4.78 is 2.03. The number of piperidine rings is 1. The number of hydrogen-bond acceptors (Lipinski definition) is 3. The molecule has 0 spiro atoms. The average Bonchev–Trinajstić information content (AvgIpc) is 2.52. The molecule has 2 rings (SSSR count). The largest absolute Gasteiger partial charge is 0.392 e. The van der Waals surface area contributed by atoms with E-state index in [1.54, 1.807) is 0 Å². The molecule has 4 nitrogen and oxygen atoms in total. The monoisotopic (exact) mass is 195 g/mol. The minimum atomic E-state index is -0.149. The van der Waals surface area contributed by atoms with E-state index in [0.29, 0.717) is 0 Å². The fraction of sp³-hybridized carbons (Fsp3) is 0.700. The standard InChI is InChI=1S/C10H17N3O/c1-12-6-4-11-10(12)8-13-5-2-3-9(14)7-13/h4,6,9,14H,2-3,5,7-8H2,1H3/t9-/m1/s1. The highest BCUT2D eigenvalue weighted by Crippen LogP contribution is 2.12. The van der Waals surface area contributed by atoms with Crippen LogP contribution in [0.5, 0.6) is 0 Å². The molecule has 0 radical (unpaired) electrons. The van der Waals surface area contributed by atoms with Gasteiger partial charge in [0.1, 0.15) is 5.82 Å². The van der Waals surface area contributed by atoms with Crippen LogP contribution in [0.4, 0.5) is 0 Å². The molecule has 0 aromatic carbocycles. The second kappa shape index (κ2) is 4.11. The highest BCUT2D eigenvalue weighted by molar-refractivity contribution is 4.91. The lowest BCUT2D eigenvalue weighted by Gasteiger charge is -2.29. The summed E-state index contributed by atoms with van der Waals surface area (Å²) in [5, 5.41) is 9.51. The Morgan fingerprint density at radius 2 is 2.50 bits per heavy atom. The van der Waals surface area contributed by atoms with Crippen molar-refractivity contribution in [2.24, 2.45) is 7.05 Å². The van der Waals surface area contributed by atoms with Crippen LogP contribution in [0.15, 0.2) is 12.4 Å². The van der Waals surface area contributed by atoms with Gasteiger partial charge in [0.15, 0.2) is 0 Å². The van der Waals surface area contributed by atoms with Gasteiger partial charge in [0.05, 0.1) is 12.6 Å². The minimum absolute atomic E-state index is 0.149. The number of β-amino-alcohol motifs (C(OH)–C–C–N with tert-alkyl or cyclic N) is 1. The van der Waals surface area contributed by atoms with E-state index in [2.05, 4.69) is 9.88 Å². The minimum Gasteiger partial charge on any atom is -0.392 e. The van der Waals surface area contributed by atoms with E-state index in [1.165, 1.54) is 0 Å². The third-order valence-corrected chi connectivity index (χ3v) is 2.77. The molecule has 0 amide bonds. The van der Waals surface area contributed by atoms with Crippen LogP contribution in [0.3, 0.4) is 0 Å². The van der Waals surface area contributed by atoms with Gasteiger partial charge < -0.3 is 9.67 Å². The lowest BCUT2D eigenvalue weighted by molar-refractivity contribution is 0.0651. The summed E-state index contributed by atoms with van der Waals surface area (Å²) in [5.41, 5.74) is 0. The van der Waals surface area contributed by atoms with Crippen LogP contribution in [0, 0.1) is 0 Å². The Morgan fingerprint density at radius 3 is 3.14 bits per heavy atom. The first-order valence-corrected chi connectivity index (χ1v) is 5.12. The number of hydrogen-bond donors (Lipinski definition) is 1. The van der Waals surface area contributed by atoms with Crippen LogP contribution < -0.4 is 0 Å². The van der Waals surface area contributed by atoms with Crippen molar-refractivity contribution in [1.82, 2.24) is 14.5 Å². The number of likely N-dealkylation sites (tertiary alicyclic amines) is 1. The number of aryl methyl sites for hydroxylation is 1. The third-order valence-electron chi connectivity index (χ3n) is 2.77. The Kier molecular flexibility index (Phi) is 2.84. The molecule has 1 aliphatic rings. The second-order valence-electron chi connectivity index (χ2n) is 3.99. The summed E-state index contributed by atoms with van der Waals surface area (Å²) in [4.78, 5) is 6.53. The molecule has 0 unspecified atom stereocenters. The second-order valence-corrected chi connectivity index (χ2v) is 3.99. The van der Waals surface area contributed by atoms with Crippen LogP contribution in [0.25, 0.3) is 0 Å². The summed E-state index contributed by atoms with van der Waals surface area (Å²) in [7, 11) is 2.00. The first kappa shape index (κ1) is 9.68. The summed E-state index contributed by atoms with van der Waals surface area (Å²) in [6.07, 6.45) is 5.65. The molecule has 1 saturated heterocycles. The predicted molar refractivity (Wildman–Crippen MR) is 53.7 cm³/mol. The number of aliphatic hydroxyl groups is 1. The van der Waals surface area contributed by atoms with Crippen molar-refractivity contribution in [1.29, 1.82) is 0 Å². The Bertz CT molecular complexity index is 297. The van der Waals surface area contributed by atoms with Crippen LogP contribution in [-0.4, -0.2) is 38.8 Å². The van der Waals surface area contributed by atoms with E-state index < -0.39 is 0 Å². The van der Waals surface area contributed by atoms with E-state index in [-0.39, 0.29) is 6.10 Å². The Morgan fingerprint density at radius 1 is 1.64 bits per heavy atom. The predicted octanol–water partition coefficient (Wildman–Crippen LogP) is 0.377. The van der Waals surface area contributed by atoms with Gasteiger partial charge in [0.25, 0.3) is 0 Å². The lowest BCUT2D eigenvalue weighted by Crippen LogP contribution is -2.38. The molecule has 78 valence electrons. The van der Waals surface area contributed by atoms with Gasteiger partial charge in [0.2, 0.25) is 0 Å². The average molecular weight is 195 g/mol. The number of imidazole rings is 1. The normalized spacial score (nSPS) is 24.0. The number of aromatic nitrogens is 2. The first-order valence-electron chi connectivity index (χ1n) is 5.12. The third kappa shape index (κ3) is 2.13. The zero-order valence-corrected chi connectivity index (χ0v) is 8.56. The fourth-order valence-electron chi connectivity index (χ4n) is 1.92. The van der Waals surface area contributed by atoms with Crippen molar-refractivity contribution in [3.05, 3.63) is 18.2 Å². The summed E-state index contributed by atoms with van der Waals surface area (Å²) in [6, 6.07) is 0. The molecule has 1 N–H and O–H groups in total. The molecule has 0 bridgehead atoms. The number of nitrogens with zero attached hydrogens (tertiary/aromatic N) is 3. The maximum atomic E-state index is 9.51. The van der Waals surface area contributed by atoms with Crippen molar-refractivity contribution in [3.63, 3.8) is 0 Å². The van der Waals surface area contributed by atoms with Crippen molar-refractivity contribution in [2.75, 3.05) is 13.1 Å². The van der Waals surface area contributed by atoms with Gasteiger partial charge in [-0.3, -0.25) is 4.90 Å². The molecule has 1 aromatic rings. The lowest BCUT2D eigenvalue weighted by atomic mass is 10.1. The van der Waals surface area contributed by atoms with E-state index >= 15 is 0 Å². The molecule has 1 aromatic heterocycles. The molecule has 14 heavy (non-hydrogen) atoms. The van der Waals surface area contributed by atoms with Crippen molar-refractivity contribution >= 4 is 0 Å². The molecular weight excluding hydrogens is 178 g/mol. The zero-order chi connectivity index (χ0) is 9.97. The molecular formula is C10H17N3O. The maximum absolute atomic E-state index is 9.51. The highest BCUT2D eigenvalue weighted by atomic mass is 16.3. The van der Waals surface area contributed by atoms with E-state index in [0.717, 1.165) is 38.3 Å². The van der Waals surface area contributed by atoms with Gasteiger partial charge in [0, 0.05) is 26.0 Å². The van der Waals surface area contributed by atoms with E-state index in [1.807, 2.05) is 24.0 Å². The van der Waals surface area contributed by atoms with Crippen molar-refractivity contribution in [2.45, 2.75) is 25.5 Å². The molecule has 1 aliphatic heterocycles. The zero-order valence-electron chi connectivity index (χ0n) is 8.56. The molecule has 2 heterocycles.